The molecule has 0 heterocycles. The van der Waals surface area contributed by atoms with Crippen LogP contribution in [-0.2, 0) is 36.1 Å². The van der Waals surface area contributed by atoms with E-state index in [1.807, 2.05) is 72.8 Å². The predicted molar refractivity (Wildman–Crippen MR) is 239 cm³/mol. The van der Waals surface area contributed by atoms with Gasteiger partial charge in [0.15, 0.2) is 0 Å². The summed E-state index contributed by atoms with van der Waals surface area (Å²) in [7, 11) is -3.67. The van der Waals surface area contributed by atoms with Gasteiger partial charge in [0, 0.05) is 36.5 Å². The van der Waals surface area contributed by atoms with Crippen LogP contribution in [0.2, 0.25) is 0 Å². The molecule has 0 aromatic heterocycles. The van der Waals surface area contributed by atoms with Crippen molar-refractivity contribution < 1.29 is 22.6 Å². The molecule has 0 aliphatic carbocycles. The molecule has 1 unspecified atom stereocenters. The zero-order chi connectivity index (χ0) is 41.5. The first-order valence-electron chi connectivity index (χ1n) is 20.7. The summed E-state index contributed by atoms with van der Waals surface area (Å²) in [4.78, 5) is 2.76. The quantitative estimate of drug-likeness (QED) is 0.0736. The molecule has 6 aromatic carbocycles. The lowest BCUT2D eigenvalue weighted by Crippen LogP contribution is -2.38. The third-order valence-corrected chi connectivity index (χ3v) is 12.1. The van der Waals surface area contributed by atoms with E-state index in [0.717, 1.165) is 41.2 Å². The molecule has 7 nitrogen and oxygen atoms in total. The summed E-state index contributed by atoms with van der Waals surface area (Å²) in [5.41, 5.74) is 6.89. The number of hydrogen-bond donors (Lipinski definition) is 1. The van der Waals surface area contributed by atoms with Crippen LogP contribution in [0.4, 0.5) is 0 Å². The number of benzene rings is 6. The fraction of sp³-hybridized carbons (Fsp3) is 0.294. The number of hydrogen-bond acceptors (Lipinski definition) is 6. The molecule has 6 rings (SSSR count). The van der Waals surface area contributed by atoms with Crippen LogP contribution in [-0.4, -0.2) is 45.1 Å². The average molecular weight is 811 g/mol. The Balaban J connectivity index is 1.08. The smallest absolute Gasteiger partial charge is 0.240 e. The van der Waals surface area contributed by atoms with Crippen molar-refractivity contribution in [3.8, 4) is 17.2 Å². The van der Waals surface area contributed by atoms with Gasteiger partial charge in [-0.25, -0.2) is 13.1 Å². The molecule has 308 valence electrons. The van der Waals surface area contributed by atoms with E-state index >= 15 is 0 Å². The van der Waals surface area contributed by atoms with Crippen LogP contribution in [0.15, 0.2) is 163 Å². The molecule has 0 aliphatic heterocycles. The van der Waals surface area contributed by atoms with E-state index in [1.165, 1.54) is 16.7 Å². The number of ether oxygens (including phenoxy) is 3. The van der Waals surface area contributed by atoms with Crippen LogP contribution in [0, 0.1) is 0 Å². The molecule has 59 heavy (non-hydrogen) atoms. The summed E-state index contributed by atoms with van der Waals surface area (Å²) >= 11 is 0. The lowest BCUT2D eigenvalue weighted by atomic mass is 9.84. The van der Waals surface area contributed by atoms with E-state index in [0.29, 0.717) is 50.5 Å². The summed E-state index contributed by atoms with van der Waals surface area (Å²) in [5.74, 6) is 2.42. The highest BCUT2D eigenvalue weighted by Gasteiger charge is 2.25. The van der Waals surface area contributed by atoms with Gasteiger partial charge in [0.05, 0.1) is 11.5 Å². The van der Waals surface area contributed by atoms with Gasteiger partial charge in [0.2, 0.25) is 10.0 Å². The van der Waals surface area contributed by atoms with Gasteiger partial charge >= 0.3 is 0 Å². The Morgan fingerprint density at radius 2 is 1.12 bits per heavy atom. The van der Waals surface area contributed by atoms with E-state index < -0.39 is 10.0 Å². The highest BCUT2D eigenvalue weighted by molar-refractivity contribution is 7.89. The summed E-state index contributed by atoms with van der Waals surface area (Å²) in [6.45, 7) is 11.7. The zero-order valence-corrected chi connectivity index (χ0v) is 35.6. The third-order valence-electron chi connectivity index (χ3n) is 10.6. The Bertz CT molecular complexity index is 2240. The third kappa shape index (κ3) is 12.8. The number of rotatable bonds is 22. The molecule has 1 atom stereocenters. The minimum atomic E-state index is -3.67. The Morgan fingerprint density at radius 1 is 0.559 bits per heavy atom. The van der Waals surface area contributed by atoms with Crippen LogP contribution >= 0.6 is 0 Å². The van der Waals surface area contributed by atoms with Crippen molar-refractivity contribution in [1.29, 1.82) is 0 Å². The molecule has 0 aliphatic rings. The summed E-state index contributed by atoms with van der Waals surface area (Å²) in [5, 5.41) is 0. The lowest BCUT2D eigenvalue weighted by Gasteiger charge is -2.33. The van der Waals surface area contributed by atoms with Crippen molar-refractivity contribution >= 4 is 10.0 Å². The first-order chi connectivity index (χ1) is 28.7. The monoisotopic (exact) mass is 810 g/mol. The van der Waals surface area contributed by atoms with Gasteiger partial charge in [0.25, 0.3) is 0 Å². The van der Waals surface area contributed by atoms with Crippen LogP contribution in [0.5, 0.6) is 17.2 Å². The van der Waals surface area contributed by atoms with Crippen LogP contribution < -0.4 is 18.9 Å². The van der Waals surface area contributed by atoms with Crippen molar-refractivity contribution in [2.24, 2.45) is 0 Å². The minimum absolute atomic E-state index is 0.133. The molecule has 0 bridgehead atoms. The fourth-order valence-corrected chi connectivity index (χ4v) is 8.55. The van der Waals surface area contributed by atoms with Crippen molar-refractivity contribution in [3.05, 3.63) is 191 Å². The molecular formula is C51H58N2O5S. The van der Waals surface area contributed by atoms with Crippen LogP contribution in [0.3, 0.4) is 0 Å². The molecule has 0 spiro atoms. The van der Waals surface area contributed by atoms with E-state index in [1.54, 1.807) is 24.3 Å². The van der Waals surface area contributed by atoms with Crippen molar-refractivity contribution in [2.45, 2.75) is 83.1 Å². The topological polar surface area (TPSA) is 77.1 Å². The fourth-order valence-electron chi connectivity index (χ4n) is 7.52. The van der Waals surface area contributed by atoms with Crippen molar-refractivity contribution in [1.82, 2.24) is 9.62 Å². The lowest BCUT2D eigenvalue weighted by molar-refractivity contribution is 0.170. The maximum absolute atomic E-state index is 13.0. The van der Waals surface area contributed by atoms with Gasteiger partial charge in [-0.05, 0) is 117 Å². The van der Waals surface area contributed by atoms with E-state index in [2.05, 4.69) is 98.0 Å². The summed E-state index contributed by atoms with van der Waals surface area (Å²) < 4.78 is 47.5. The Kier molecular flexibility index (Phi) is 15.8. The van der Waals surface area contributed by atoms with Gasteiger partial charge in [-0.3, -0.25) is 4.90 Å². The summed E-state index contributed by atoms with van der Waals surface area (Å²) in [6.07, 6.45) is 2.21. The van der Waals surface area contributed by atoms with Crippen molar-refractivity contribution in [3.63, 3.8) is 0 Å². The highest BCUT2D eigenvalue weighted by atomic mass is 32.2. The first kappa shape index (κ1) is 43.2. The molecule has 6 aromatic rings. The molecule has 0 amide bonds. The van der Waals surface area contributed by atoms with Gasteiger partial charge in [0.1, 0.15) is 30.5 Å². The molecular weight excluding hydrogens is 753 g/mol. The van der Waals surface area contributed by atoms with E-state index in [9.17, 15) is 8.42 Å². The highest BCUT2D eigenvalue weighted by Crippen LogP contribution is 2.38. The maximum atomic E-state index is 13.0. The van der Waals surface area contributed by atoms with Crippen LogP contribution in [0.1, 0.15) is 73.4 Å². The van der Waals surface area contributed by atoms with E-state index in [4.69, 9.17) is 14.2 Å². The second-order valence-corrected chi connectivity index (χ2v) is 17.2. The van der Waals surface area contributed by atoms with Crippen LogP contribution in [0.25, 0.3) is 0 Å². The Labute approximate surface area is 352 Å². The maximum Gasteiger partial charge on any atom is 0.240 e. The average Bonchev–Trinajstić information content (AvgIpc) is 3.25. The number of sulfonamides is 1. The molecule has 1 N–H and O–H groups in total. The first-order valence-corrected chi connectivity index (χ1v) is 22.2. The Morgan fingerprint density at radius 3 is 1.73 bits per heavy atom. The second-order valence-electron chi connectivity index (χ2n) is 15.4. The molecule has 0 saturated heterocycles. The standard InChI is InChI=1S/C51H58N2O5S/c1-39(2)53(40(3)4)35-32-49(44-19-12-7-13-20-44)51-45(21-14-22-50(51)58-38-43-17-10-6-11-18-43)33-36-56-46-25-23-41(24-26-46)31-34-52-59(54,55)48-29-27-47(28-30-48)57-37-42-15-8-5-9-16-42/h5-30,39-40,49,52H,31-38H2,1-4H3. The van der Waals surface area contributed by atoms with Gasteiger partial charge in [-0.2, -0.15) is 0 Å². The molecule has 0 fully saturated rings. The van der Waals surface area contributed by atoms with Crippen molar-refractivity contribution in [2.75, 3.05) is 19.7 Å². The number of nitrogens with zero attached hydrogens (tertiary/aromatic N) is 1. The zero-order valence-electron chi connectivity index (χ0n) is 34.8. The predicted octanol–water partition coefficient (Wildman–Crippen LogP) is 10.6. The van der Waals surface area contributed by atoms with Gasteiger partial charge in [-0.15, -0.1) is 0 Å². The normalized spacial score (nSPS) is 12.2. The van der Waals surface area contributed by atoms with Gasteiger partial charge < -0.3 is 14.2 Å². The van der Waals surface area contributed by atoms with Gasteiger partial charge in [-0.1, -0.05) is 115 Å². The van der Waals surface area contributed by atoms with E-state index in [-0.39, 0.29) is 17.4 Å². The summed E-state index contributed by atoms with van der Waals surface area (Å²) in [6, 6.07) is 52.7. The second kappa shape index (κ2) is 21.6. The number of nitrogens with one attached hydrogen (secondary N) is 1. The minimum Gasteiger partial charge on any atom is -0.493 e. The SMILES string of the molecule is CC(C)N(CCC(c1ccccc1)c1c(CCOc2ccc(CCNS(=O)(=O)c3ccc(OCc4ccccc4)cc3)cc2)cccc1OCc1ccccc1)C(C)C. The Hall–Kier alpha value is -5.41. The molecule has 8 heteroatoms. The molecule has 0 saturated carbocycles. The largest absolute Gasteiger partial charge is 0.493 e. The molecule has 0 radical (unpaired) electrons.